The molecule has 0 N–H and O–H groups in total. The fourth-order valence-corrected chi connectivity index (χ4v) is 5.70. The first-order valence-electron chi connectivity index (χ1n) is 10.3. The lowest BCUT2D eigenvalue weighted by molar-refractivity contribution is 0.341. The first-order valence-corrected chi connectivity index (χ1v) is 10.3. The van der Waals surface area contributed by atoms with Crippen LogP contribution < -0.4 is 0 Å². The lowest BCUT2D eigenvalue weighted by atomic mass is 9.60. The van der Waals surface area contributed by atoms with Gasteiger partial charge in [0.2, 0.25) is 0 Å². The summed E-state index contributed by atoms with van der Waals surface area (Å²) < 4.78 is 0. The van der Waals surface area contributed by atoms with Crippen LogP contribution in [0.3, 0.4) is 0 Å². The fourth-order valence-electron chi connectivity index (χ4n) is 5.70. The third-order valence-corrected chi connectivity index (χ3v) is 7.06. The Morgan fingerprint density at radius 2 is 1.85 bits per heavy atom. The van der Waals surface area contributed by atoms with Gasteiger partial charge in [-0.1, -0.05) is 67.7 Å². The molecular weight excluding hydrogens is 312 g/mol. The van der Waals surface area contributed by atoms with Crippen molar-refractivity contribution in [3.8, 4) is 0 Å². The van der Waals surface area contributed by atoms with E-state index in [1.165, 1.54) is 41.6 Å². The van der Waals surface area contributed by atoms with Crippen molar-refractivity contribution < 1.29 is 0 Å². The molecule has 0 saturated carbocycles. The van der Waals surface area contributed by atoms with Gasteiger partial charge < -0.3 is 0 Å². The van der Waals surface area contributed by atoms with Crippen LogP contribution in [0.15, 0.2) is 94.2 Å². The number of allylic oxidation sites excluding steroid dienone is 16. The molecule has 0 heteroatoms. The standard InChI is InChI=1S/C26H28/c1-17-22-10-5-6-11-23(22)18(2)26-24(17)12-7-13-25(26)21-15-14-19-8-3-4-9-20(19)16-21/h3-4,7,9-12,14-16,18-19,25-26H,5-6,8,13H2,1-2H3. The lowest BCUT2D eigenvalue weighted by Gasteiger charge is -2.43. The van der Waals surface area contributed by atoms with Crippen molar-refractivity contribution in [2.75, 3.05) is 0 Å². The van der Waals surface area contributed by atoms with Crippen molar-refractivity contribution in [3.63, 3.8) is 0 Å². The number of hydrogen-bond donors (Lipinski definition) is 0. The highest BCUT2D eigenvalue weighted by molar-refractivity contribution is 5.59. The summed E-state index contributed by atoms with van der Waals surface area (Å²) in [5.74, 6) is 2.43. The summed E-state index contributed by atoms with van der Waals surface area (Å²) >= 11 is 0. The monoisotopic (exact) mass is 340 g/mol. The molecule has 0 nitrogen and oxygen atoms in total. The van der Waals surface area contributed by atoms with E-state index in [9.17, 15) is 0 Å². The van der Waals surface area contributed by atoms with Crippen LogP contribution in [0.5, 0.6) is 0 Å². The summed E-state index contributed by atoms with van der Waals surface area (Å²) in [7, 11) is 0. The molecule has 5 aliphatic rings. The van der Waals surface area contributed by atoms with E-state index in [2.05, 4.69) is 74.6 Å². The van der Waals surface area contributed by atoms with Gasteiger partial charge in [-0.25, -0.2) is 0 Å². The van der Waals surface area contributed by atoms with E-state index in [4.69, 9.17) is 0 Å². The molecule has 4 atom stereocenters. The van der Waals surface area contributed by atoms with E-state index in [1.807, 2.05) is 0 Å². The van der Waals surface area contributed by atoms with Crippen molar-refractivity contribution in [2.45, 2.75) is 39.5 Å². The van der Waals surface area contributed by atoms with Crippen molar-refractivity contribution >= 4 is 0 Å². The van der Waals surface area contributed by atoms with Gasteiger partial charge in [0.25, 0.3) is 0 Å². The molecule has 0 aliphatic heterocycles. The summed E-state index contributed by atoms with van der Waals surface area (Å²) in [5, 5.41) is 0. The van der Waals surface area contributed by atoms with Crippen LogP contribution in [0.2, 0.25) is 0 Å². The van der Waals surface area contributed by atoms with Crippen LogP contribution >= 0.6 is 0 Å². The molecule has 5 aliphatic carbocycles. The molecule has 26 heavy (non-hydrogen) atoms. The van der Waals surface area contributed by atoms with E-state index in [0.717, 1.165) is 6.42 Å². The van der Waals surface area contributed by atoms with Gasteiger partial charge in [-0.05, 0) is 83.8 Å². The van der Waals surface area contributed by atoms with Gasteiger partial charge in [-0.3, -0.25) is 0 Å². The summed E-state index contributed by atoms with van der Waals surface area (Å²) in [4.78, 5) is 0. The predicted octanol–water partition coefficient (Wildman–Crippen LogP) is 6.79. The third kappa shape index (κ3) is 2.42. The van der Waals surface area contributed by atoms with Gasteiger partial charge in [-0.2, -0.15) is 0 Å². The smallest absolute Gasteiger partial charge is 0.00559 e. The zero-order chi connectivity index (χ0) is 17.7. The maximum Gasteiger partial charge on any atom is 0.00559 e. The third-order valence-electron chi connectivity index (χ3n) is 7.06. The molecule has 0 bridgehead atoms. The Morgan fingerprint density at radius 3 is 2.77 bits per heavy atom. The SMILES string of the molecule is CC1=C2C=CCC(C3=CC4=CC=CCC4C=C3)C2C(C)C2=CCCC=C21. The summed E-state index contributed by atoms with van der Waals surface area (Å²) in [6.07, 6.45) is 28.8. The zero-order valence-electron chi connectivity index (χ0n) is 15.9. The number of rotatable bonds is 1. The number of fused-ring (bicyclic) bond motifs is 3. The van der Waals surface area contributed by atoms with Crippen molar-refractivity contribution in [2.24, 2.45) is 23.7 Å². The topological polar surface area (TPSA) is 0 Å². The normalized spacial score (nSPS) is 35.0. The molecule has 0 aromatic rings. The maximum absolute atomic E-state index is 2.52. The average molecular weight is 341 g/mol. The highest BCUT2D eigenvalue weighted by Crippen LogP contribution is 2.51. The van der Waals surface area contributed by atoms with Gasteiger partial charge in [0.05, 0.1) is 0 Å². The Balaban J connectivity index is 1.58. The summed E-state index contributed by atoms with van der Waals surface area (Å²) in [6, 6.07) is 0. The van der Waals surface area contributed by atoms with E-state index in [0.29, 0.717) is 23.7 Å². The second-order valence-electron chi connectivity index (χ2n) is 8.43. The zero-order valence-corrected chi connectivity index (χ0v) is 15.9. The molecule has 4 unspecified atom stereocenters. The van der Waals surface area contributed by atoms with E-state index < -0.39 is 0 Å². The van der Waals surface area contributed by atoms with Crippen LogP contribution in [-0.4, -0.2) is 0 Å². The molecule has 0 spiro atoms. The molecular formula is C26H28. The highest BCUT2D eigenvalue weighted by Gasteiger charge is 2.40. The molecule has 0 radical (unpaired) electrons. The lowest BCUT2D eigenvalue weighted by Crippen LogP contribution is -2.33. The molecule has 132 valence electrons. The first-order chi connectivity index (χ1) is 12.7. The van der Waals surface area contributed by atoms with Gasteiger partial charge in [0, 0.05) is 5.92 Å². The van der Waals surface area contributed by atoms with Crippen LogP contribution in [0, 0.1) is 23.7 Å². The van der Waals surface area contributed by atoms with E-state index in [-0.39, 0.29) is 0 Å². The molecule has 0 aromatic heterocycles. The first kappa shape index (κ1) is 16.1. The molecule has 5 rings (SSSR count). The quantitative estimate of drug-likeness (QED) is 0.493. The summed E-state index contributed by atoms with van der Waals surface area (Å²) in [5.41, 5.74) is 9.31. The van der Waals surface area contributed by atoms with Crippen LogP contribution in [0.25, 0.3) is 0 Å². The van der Waals surface area contributed by atoms with Gasteiger partial charge >= 0.3 is 0 Å². The van der Waals surface area contributed by atoms with Crippen molar-refractivity contribution in [1.29, 1.82) is 0 Å². The maximum atomic E-state index is 2.52. The Morgan fingerprint density at radius 1 is 0.962 bits per heavy atom. The van der Waals surface area contributed by atoms with Crippen molar-refractivity contribution in [3.05, 3.63) is 94.2 Å². The second-order valence-corrected chi connectivity index (χ2v) is 8.43. The second kappa shape index (κ2) is 6.27. The molecule has 0 aromatic carbocycles. The van der Waals surface area contributed by atoms with E-state index >= 15 is 0 Å². The Kier molecular flexibility index (Phi) is 3.89. The predicted molar refractivity (Wildman–Crippen MR) is 111 cm³/mol. The van der Waals surface area contributed by atoms with Crippen molar-refractivity contribution in [1.82, 2.24) is 0 Å². The molecule has 0 amide bonds. The average Bonchev–Trinajstić information content (AvgIpc) is 2.71. The Hall–Kier alpha value is -2.08. The Bertz CT molecular complexity index is 875. The van der Waals surface area contributed by atoms with Crippen LogP contribution in [-0.2, 0) is 0 Å². The minimum absolute atomic E-state index is 0.596. The van der Waals surface area contributed by atoms with Gasteiger partial charge in [0.1, 0.15) is 0 Å². The minimum atomic E-state index is 0.596. The van der Waals surface area contributed by atoms with Crippen LogP contribution in [0.4, 0.5) is 0 Å². The summed E-state index contributed by atoms with van der Waals surface area (Å²) in [6.45, 7) is 4.81. The Labute approximate surface area is 157 Å². The minimum Gasteiger partial charge on any atom is -0.0836 e. The van der Waals surface area contributed by atoms with E-state index in [1.54, 1.807) is 11.1 Å². The van der Waals surface area contributed by atoms with Gasteiger partial charge in [-0.15, -0.1) is 0 Å². The fraction of sp³-hybridized carbons (Fsp3) is 0.385. The molecule has 0 heterocycles. The van der Waals surface area contributed by atoms with Crippen LogP contribution in [0.1, 0.15) is 39.5 Å². The number of hydrogen-bond acceptors (Lipinski definition) is 0. The molecule has 0 saturated heterocycles. The highest BCUT2D eigenvalue weighted by atomic mass is 14.4. The molecule has 0 fully saturated rings. The van der Waals surface area contributed by atoms with Gasteiger partial charge in [0.15, 0.2) is 0 Å². The largest absolute Gasteiger partial charge is 0.0836 e.